The number of para-hydroxylation sites is 2. The fourth-order valence-corrected chi connectivity index (χ4v) is 4.67. The Balaban J connectivity index is 1.58. The molecule has 2 aliphatic rings. The fraction of sp³-hybridized carbons (Fsp3) is 0.192. The number of benzene rings is 3. The first-order chi connectivity index (χ1) is 16.0. The van der Waals surface area contributed by atoms with E-state index in [4.69, 9.17) is 4.74 Å². The number of non-ortho nitro benzene ring substituents is 1. The number of nitrogens with one attached hydrogen (secondary N) is 2. The molecule has 2 N–H and O–H groups in total. The first-order valence-corrected chi connectivity index (χ1v) is 10.8. The van der Waals surface area contributed by atoms with Gasteiger partial charge in [0.1, 0.15) is 5.75 Å². The number of nitrogens with zero attached hydrogens (tertiary/aromatic N) is 1. The Morgan fingerprint density at radius 3 is 2.42 bits per heavy atom. The number of methoxy groups -OCH3 is 1. The molecule has 3 aromatic carbocycles. The van der Waals surface area contributed by atoms with Gasteiger partial charge in [-0.2, -0.15) is 0 Å². The molecule has 0 saturated heterocycles. The van der Waals surface area contributed by atoms with Crippen LogP contribution >= 0.6 is 0 Å². The lowest BCUT2D eigenvalue weighted by molar-refractivity contribution is -0.384. The maximum atomic E-state index is 13.5. The van der Waals surface area contributed by atoms with Crippen molar-refractivity contribution in [1.82, 2.24) is 0 Å². The monoisotopic (exact) mass is 441 g/mol. The summed E-state index contributed by atoms with van der Waals surface area (Å²) in [4.78, 5) is 24.4. The number of hydrogen-bond acceptors (Lipinski definition) is 6. The van der Waals surface area contributed by atoms with Crippen LogP contribution in [0.5, 0.6) is 5.75 Å². The lowest BCUT2D eigenvalue weighted by Crippen LogP contribution is -2.26. The average Bonchev–Trinajstić information content (AvgIpc) is 3.01. The Hall–Kier alpha value is -4.13. The second-order valence-electron chi connectivity index (χ2n) is 8.29. The standard InChI is InChI=1S/C26H23N3O4/c1-33-20-11-9-16(10-12-20)26-25-23(27-21-7-2-3-8-22(21)28-26)14-18(15-24(25)30)17-5-4-6-19(13-17)29(31)32/h2-13,18,26-28H,14-15H2,1H3/t18-,26+/m0/s1. The van der Waals surface area contributed by atoms with E-state index in [9.17, 15) is 14.9 Å². The van der Waals surface area contributed by atoms with Crippen LogP contribution in [0.3, 0.4) is 0 Å². The molecule has 7 nitrogen and oxygen atoms in total. The molecule has 0 bridgehead atoms. The summed E-state index contributed by atoms with van der Waals surface area (Å²) >= 11 is 0. The van der Waals surface area contributed by atoms with Gasteiger partial charge in [0.2, 0.25) is 0 Å². The Labute approximate surface area is 191 Å². The SMILES string of the molecule is COc1ccc([C@H]2Nc3ccccc3NC3=C2C(=O)C[C@@H](c2cccc([N+](=O)[O-])c2)C3)cc1. The minimum absolute atomic E-state index is 0.0291. The molecule has 166 valence electrons. The number of hydrogen-bond donors (Lipinski definition) is 2. The Bertz CT molecular complexity index is 1270. The molecule has 7 heteroatoms. The minimum Gasteiger partial charge on any atom is -0.497 e. The summed E-state index contributed by atoms with van der Waals surface area (Å²) in [7, 11) is 1.62. The van der Waals surface area contributed by atoms with E-state index in [0.29, 0.717) is 18.4 Å². The molecule has 0 amide bonds. The van der Waals surface area contributed by atoms with Crippen LogP contribution < -0.4 is 15.4 Å². The summed E-state index contributed by atoms with van der Waals surface area (Å²) < 4.78 is 5.30. The van der Waals surface area contributed by atoms with Crippen LogP contribution in [0.4, 0.5) is 17.1 Å². The zero-order valence-corrected chi connectivity index (χ0v) is 18.1. The quantitative estimate of drug-likeness (QED) is 0.405. The van der Waals surface area contributed by atoms with Crippen LogP contribution in [0.25, 0.3) is 0 Å². The Morgan fingerprint density at radius 2 is 1.70 bits per heavy atom. The van der Waals surface area contributed by atoms with Crippen LogP contribution in [0.2, 0.25) is 0 Å². The predicted octanol–water partition coefficient (Wildman–Crippen LogP) is 5.58. The zero-order chi connectivity index (χ0) is 22.9. The van der Waals surface area contributed by atoms with Gasteiger partial charge in [0.05, 0.1) is 29.4 Å². The third-order valence-corrected chi connectivity index (χ3v) is 6.31. The molecule has 3 aromatic rings. The maximum Gasteiger partial charge on any atom is 0.269 e. The van der Waals surface area contributed by atoms with E-state index in [0.717, 1.165) is 33.9 Å². The van der Waals surface area contributed by atoms with E-state index >= 15 is 0 Å². The van der Waals surface area contributed by atoms with E-state index in [-0.39, 0.29) is 23.4 Å². The highest BCUT2D eigenvalue weighted by Gasteiger charge is 2.36. The third-order valence-electron chi connectivity index (χ3n) is 6.31. The number of fused-ring (bicyclic) bond motifs is 1. The molecule has 0 saturated carbocycles. The third kappa shape index (κ3) is 3.93. The summed E-state index contributed by atoms with van der Waals surface area (Å²) in [6.45, 7) is 0. The van der Waals surface area contributed by atoms with Crippen molar-refractivity contribution in [3.63, 3.8) is 0 Å². The summed E-state index contributed by atoms with van der Waals surface area (Å²) in [5, 5.41) is 18.3. The van der Waals surface area contributed by atoms with Gasteiger partial charge in [-0.05, 0) is 47.7 Å². The average molecular weight is 441 g/mol. The number of Topliss-reactive ketones (excluding diaryl/α,β-unsaturated/α-hetero) is 1. The van der Waals surface area contributed by atoms with Gasteiger partial charge in [0.15, 0.2) is 5.78 Å². The molecular formula is C26H23N3O4. The van der Waals surface area contributed by atoms with E-state index in [1.54, 1.807) is 19.2 Å². The van der Waals surface area contributed by atoms with E-state index in [1.165, 1.54) is 6.07 Å². The van der Waals surface area contributed by atoms with Crippen molar-refractivity contribution in [3.8, 4) is 5.75 Å². The number of nitro groups is 1. The number of ketones is 1. The highest BCUT2D eigenvalue weighted by Crippen LogP contribution is 2.44. The second kappa shape index (κ2) is 8.43. The highest BCUT2D eigenvalue weighted by molar-refractivity contribution is 6.01. The Morgan fingerprint density at radius 1 is 0.939 bits per heavy atom. The molecule has 5 rings (SSSR count). The number of ether oxygens (including phenoxy) is 1. The van der Waals surface area contributed by atoms with Crippen LogP contribution in [0.1, 0.15) is 35.9 Å². The van der Waals surface area contributed by atoms with Gasteiger partial charge in [-0.3, -0.25) is 14.9 Å². The maximum absolute atomic E-state index is 13.5. The molecule has 0 spiro atoms. The number of carbonyl (C=O) groups excluding carboxylic acids is 1. The second-order valence-corrected chi connectivity index (χ2v) is 8.29. The van der Waals surface area contributed by atoms with Gasteiger partial charge in [0.25, 0.3) is 5.69 Å². The van der Waals surface area contributed by atoms with Gasteiger partial charge >= 0.3 is 0 Å². The van der Waals surface area contributed by atoms with Crippen LogP contribution in [-0.4, -0.2) is 17.8 Å². The molecule has 0 radical (unpaired) electrons. The van der Waals surface area contributed by atoms with Gasteiger partial charge in [-0.1, -0.05) is 36.4 Å². The molecule has 0 aromatic heterocycles. The number of nitro benzene ring substituents is 1. The van der Waals surface area contributed by atoms with Gasteiger partial charge in [-0.15, -0.1) is 0 Å². The summed E-state index contributed by atoms with van der Waals surface area (Å²) in [6.07, 6.45) is 0.886. The number of rotatable bonds is 4. The van der Waals surface area contributed by atoms with E-state index in [1.807, 2.05) is 54.6 Å². The van der Waals surface area contributed by atoms with Crippen molar-refractivity contribution in [2.45, 2.75) is 24.8 Å². The van der Waals surface area contributed by atoms with Crippen molar-refractivity contribution in [2.24, 2.45) is 0 Å². The molecular weight excluding hydrogens is 418 g/mol. The van der Waals surface area contributed by atoms with Crippen molar-refractivity contribution in [1.29, 1.82) is 0 Å². The molecule has 2 atom stereocenters. The molecule has 1 aliphatic carbocycles. The number of allylic oxidation sites excluding steroid dienone is 1. The lowest BCUT2D eigenvalue weighted by Gasteiger charge is -2.30. The van der Waals surface area contributed by atoms with Crippen molar-refractivity contribution in [3.05, 3.63) is 105 Å². The van der Waals surface area contributed by atoms with Crippen LogP contribution in [0, 0.1) is 10.1 Å². The summed E-state index contributed by atoms with van der Waals surface area (Å²) in [5.74, 6) is 0.646. The van der Waals surface area contributed by atoms with Gasteiger partial charge < -0.3 is 15.4 Å². The van der Waals surface area contributed by atoms with E-state index in [2.05, 4.69) is 10.6 Å². The summed E-state index contributed by atoms with van der Waals surface area (Å²) in [5.41, 5.74) is 5.16. The minimum atomic E-state index is -0.400. The Kier molecular flexibility index (Phi) is 5.30. The first-order valence-electron chi connectivity index (χ1n) is 10.8. The molecule has 0 unspecified atom stereocenters. The van der Waals surface area contributed by atoms with Crippen molar-refractivity contribution in [2.75, 3.05) is 17.7 Å². The fourth-order valence-electron chi connectivity index (χ4n) is 4.67. The van der Waals surface area contributed by atoms with Crippen LogP contribution in [-0.2, 0) is 4.79 Å². The van der Waals surface area contributed by atoms with Crippen molar-refractivity contribution < 1.29 is 14.5 Å². The number of carbonyl (C=O) groups is 1. The van der Waals surface area contributed by atoms with E-state index < -0.39 is 4.92 Å². The normalized spacial score (nSPS) is 19.5. The topological polar surface area (TPSA) is 93.5 Å². The molecule has 1 heterocycles. The molecule has 0 fully saturated rings. The largest absolute Gasteiger partial charge is 0.497 e. The smallest absolute Gasteiger partial charge is 0.269 e. The van der Waals surface area contributed by atoms with Gasteiger partial charge in [0, 0.05) is 29.8 Å². The molecule has 1 aliphatic heterocycles. The first kappa shape index (κ1) is 20.8. The highest BCUT2D eigenvalue weighted by atomic mass is 16.6. The molecule has 33 heavy (non-hydrogen) atoms. The lowest BCUT2D eigenvalue weighted by atomic mass is 9.78. The summed E-state index contributed by atoms with van der Waals surface area (Å²) in [6, 6.07) is 21.9. The zero-order valence-electron chi connectivity index (χ0n) is 18.1. The van der Waals surface area contributed by atoms with Crippen molar-refractivity contribution >= 4 is 22.8 Å². The predicted molar refractivity (Wildman–Crippen MR) is 127 cm³/mol. The number of anilines is 2. The van der Waals surface area contributed by atoms with Crippen LogP contribution in [0.15, 0.2) is 84.1 Å². The van der Waals surface area contributed by atoms with Gasteiger partial charge in [-0.25, -0.2) is 0 Å².